The summed E-state index contributed by atoms with van der Waals surface area (Å²) in [6, 6.07) is 11.5. The van der Waals surface area contributed by atoms with Gasteiger partial charge >= 0.3 is 0 Å². The predicted octanol–water partition coefficient (Wildman–Crippen LogP) is 4.62. The summed E-state index contributed by atoms with van der Waals surface area (Å²) in [5, 5.41) is 10.5. The minimum Gasteiger partial charge on any atom is -0.363 e. The largest absolute Gasteiger partial charge is 0.363 e. The molecule has 1 aromatic carbocycles. The molecule has 0 atom stereocenters. The number of halogens is 2. The molecule has 2 heterocycles. The van der Waals surface area contributed by atoms with E-state index in [2.05, 4.69) is 51.9 Å². The van der Waals surface area contributed by atoms with Gasteiger partial charge in [0.2, 0.25) is 0 Å². The molecule has 2 aromatic rings. The predicted molar refractivity (Wildman–Crippen MR) is 129 cm³/mol. The molecular weight excluding hydrogens is 486 g/mol. The van der Waals surface area contributed by atoms with E-state index in [0.717, 1.165) is 44.0 Å². The minimum atomic E-state index is -0.200. The molecule has 2 N–H and O–H groups in total. The van der Waals surface area contributed by atoms with Crippen LogP contribution in [0.5, 0.6) is 0 Å². The highest BCUT2D eigenvalue weighted by atomic mass is 127. The average molecular weight is 516 g/mol. The number of thiophene rings is 1. The third-order valence-corrected chi connectivity index (χ3v) is 6.13. The second kappa shape index (κ2) is 10.4. The van der Waals surface area contributed by atoms with E-state index in [0.29, 0.717) is 6.04 Å². The van der Waals surface area contributed by atoms with Crippen LogP contribution >= 0.6 is 35.3 Å². The lowest BCUT2D eigenvalue weighted by atomic mass is 9.84. The van der Waals surface area contributed by atoms with Gasteiger partial charge in [-0.3, -0.25) is 4.99 Å². The SMILES string of the molecule is CN=C(NCC(C)(C)c1ccc(F)cc1)NC1CCN(c2cccs2)CC1.I. The Morgan fingerprint density at radius 1 is 1.21 bits per heavy atom. The van der Waals surface area contributed by atoms with E-state index in [4.69, 9.17) is 0 Å². The van der Waals surface area contributed by atoms with Crippen LogP contribution in [0.1, 0.15) is 32.3 Å². The second-order valence-corrected chi connectivity index (χ2v) is 8.60. The van der Waals surface area contributed by atoms with E-state index in [1.807, 2.05) is 12.1 Å². The van der Waals surface area contributed by atoms with E-state index in [9.17, 15) is 4.39 Å². The first-order valence-corrected chi connectivity index (χ1v) is 10.4. The highest BCUT2D eigenvalue weighted by molar-refractivity contribution is 14.0. The molecule has 1 aliphatic rings. The lowest BCUT2D eigenvalue weighted by Crippen LogP contribution is -2.50. The van der Waals surface area contributed by atoms with Crippen LogP contribution in [0.3, 0.4) is 0 Å². The molecule has 0 aliphatic carbocycles. The summed E-state index contributed by atoms with van der Waals surface area (Å²) in [5.74, 6) is 0.633. The van der Waals surface area contributed by atoms with Crippen molar-refractivity contribution in [1.29, 1.82) is 0 Å². The molecule has 7 heteroatoms. The smallest absolute Gasteiger partial charge is 0.191 e. The molecule has 1 saturated heterocycles. The van der Waals surface area contributed by atoms with Crippen molar-refractivity contribution in [3.8, 4) is 0 Å². The zero-order valence-electron chi connectivity index (χ0n) is 16.7. The Bertz CT molecular complexity index is 738. The fraction of sp³-hybridized carbons (Fsp3) is 0.476. The van der Waals surface area contributed by atoms with Crippen molar-refractivity contribution < 1.29 is 4.39 Å². The van der Waals surface area contributed by atoms with Crippen molar-refractivity contribution in [2.75, 3.05) is 31.6 Å². The molecule has 3 rings (SSSR count). The normalized spacial score (nSPS) is 15.9. The van der Waals surface area contributed by atoms with Crippen LogP contribution in [-0.2, 0) is 5.41 Å². The monoisotopic (exact) mass is 516 g/mol. The third-order valence-electron chi connectivity index (χ3n) is 5.20. The van der Waals surface area contributed by atoms with Crippen molar-refractivity contribution in [3.63, 3.8) is 0 Å². The molecule has 0 bridgehead atoms. The van der Waals surface area contributed by atoms with Crippen LogP contribution < -0.4 is 15.5 Å². The second-order valence-electron chi connectivity index (χ2n) is 7.67. The van der Waals surface area contributed by atoms with Crippen molar-refractivity contribution >= 4 is 46.3 Å². The lowest BCUT2D eigenvalue weighted by molar-refractivity contribution is 0.454. The fourth-order valence-corrected chi connectivity index (χ4v) is 4.18. The number of nitrogens with one attached hydrogen (secondary N) is 2. The number of aliphatic imine (C=N–C) groups is 1. The topological polar surface area (TPSA) is 39.7 Å². The summed E-state index contributed by atoms with van der Waals surface area (Å²) in [7, 11) is 1.81. The van der Waals surface area contributed by atoms with Crippen LogP contribution in [-0.4, -0.2) is 38.7 Å². The minimum absolute atomic E-state index is 0. The van der Waals surface area contributed by atoms with Crippen molar-refractivity contribution in [1.82, 2.24) is 10.6 Å². The Balaban J connectivity index is 0.00000280. The molecule has 1 aromatic heterocycles. The zero-order chi connectivity index (χ0) is 19.3. The van der Waals surface area contributed by atoms with Crippen LogP contribution in [0.15, 0.2) is 46.8 Å². The highest BCUT2D eigenvalue weighted by Gasteiger charge is 2.23. The summed E-state index contributed by atoms with van der Waals surface area (Å²) in [6.45, 7) is 7.17. The number of guanidine groups is 1. The molecule has 154 valence electrons. The summed E-state index contributed by atoms with van der Waals surface area (Å²) in [4.78, 5) is 6.84. The van der Waals surface area contributed by atoms with Gasteiger partial charge in [-0.25, -0.2) is 4.39 Å². The number of nitrogens with zero attached hydrogens (tertiary/aromatic N) is 2. The Morgan fingerprint density at radius 3 is 2.46 bits per heavy atom. The number of hydrogen-bond donors (Lipinski definition) is 2. The van der Waals surface area contributed by atoms with E-state index >= 15 is 0 Å². The van der Waals surface area contributed by atoms with Crippen molar-refractivity contribution in [2.45, 2.75) is 38.1 Å². The molecular formula is C21H30FIN4S. The Labute approximate surface area is 188 Å². The van der Waals surface area contributed by atoms with Gasteiger partial charge in [-0.1, -0.05) is 26.0 Å². The molecule has 0 amide bonds. The molecule has 28 heavy (non-hydrogen) atoms. The first-order chi connectivity index (χ1) is 13.0. The van der Waals surface area contributed by atoms with Gasteiger partial charge in [-0.15, -0.1) is 35.3 Å². The molecule has 1 aliphatic heterocycles. The molecule has 4 nitrogen and oxygen atoms in total. The van der Waals surface area contributed by atoms with Gasteiger partial charge in [0.1, 0.15) is 5.82 Å². The maximum Gasteiger partial charge on any atom is 0.191 e. The van der Waals surface area contributed by atoms with Gasteiger partial charge in [0.15, 0.2) is 5.96 Å². The Hall–Kier alpha value is -1.35. The molecule has 1 fully saturated rings. The summed E-state index contributed by atoms with van der Waals surface area (Å²) >= 11 is 1.80. The number of rotatable bonds is 5. The first-order valence-electron chi connectivity index (χ1n) is 9.49. The summed E-state index contributed by atoms with van der Waals surface area (Å²) in [6.07, 6.45) is 2.19. The van der Waals surface area contributed by atoms with Crippen LogP contribution in [0.25, 0.3) is 0 Å². The van der Waals surface area contributed by atoms with Crippen LogP contribution in [0, 0.1) is 5.82 Å². The fourth-order valence-electron chi connectivity index (χ4n) is 3.39. The quantitative estimate of drug-likeness (QED) is 0.346. The summed E-state index contributed by atoms with van der Waals surface area (Å²) < 4.78 is 13.2. The van der Waals surface area contributed by atoms with Gasteiger partial charge < -0.3 is 15.5 Å². The maximum atomic E-state index is 13.2. The van der Waals surface area contributed by atoms with E-state index in [1.165, 1.54) is 17.1 Å². The molecule has 0 radical (unpaired) electrons. The van der Waals surface area contributed by atoms with Gasteiger partial charge in [-0.05, 0) is 48.1 Å². The number of anilines is 1. The van der Waals surface area contributed by atoms with E-state index in [1.54, 1.807) is 18.4 Å². The van der Waals surface area contributed by atoms with Crippen molar-refractivity contribution in [3.05, 3.63) is 53.2 Å². The number of hydrogen-bond acceptors (Lipinski definition) is 3. The zero-order valence-corrected chi connectivity index (χ0v) is 19.9. The Kier molecular flexibility index (Phi) is 8.55. The van der Waals surface area contributed by atoms with Crippen molar-refractivity contribution in [2.24, 2.45) is 4.99 Å². The average Bonchev–Trinajstić information content (AvgIpc) is 3.21. The van der Waals surface area contributed by atoms with E-state index < -0.39 is 0 Å². The van der Waals surface area contributed by atoms with Gasteiger partial charge in [-0.2, -0.15) is 0 Å². The van der Waals surface area contributed by atoms with Gasteiger partial charge in [0, 0.05) is 38.1 Å². The third kappa shape index (κ3) is 6.07. The first kappa shape index (κ1) is 22.9. The highest BCUT2D eigenvalue weighted by Crippen LogP contribution is 2.25. The lowest BCUT2D eigenvalue weighted by Gasteiger charge is -2.34. The molecule has 0 unspecified atom stereocenters. The van der Waals surface area contributed by atoms with Crippen LogP contribution in [0.2, 0.25) is 0 Å². The van der Waals surface area contributed by atoms with Crippen LogP contribution in [0.4, 0.5) is 9.39 Å². The number of piperidine rings is 1. The van der Waals surface area contributed by atoms with E-state index in [-0.39, 0.29) is 35.2 Å². The van der Waals surface area contributed by atoms with Gasteiger partial charge in [0.25, 0.3) is 0 Å². The Morgan fingerprint density at radius 2 is 1.89 bits per heavy atom. The maximum absolute atomic E-state index is 13.2. The standard InChI is InChI=1S/C21H29FN4S.HI/c1-21(2,16-6-8-17(22)9-7-16)15-24-20(23-3)25-18-10-12-26(13-11-18)19-5-4-14-27-19;/h4-9,14,18H,10-13,15H2,1-3H3,(H2,23,24,25);1H. The molecule has 0 spiro atoms. The summed E-state index contributed by atoms with van der Waals surface area (Å²) in [5.41, 5.74) is 0.990. The number of benzene rings is 1. The molecule has 0 saturated carbocycles. The van der Waals surface area contributed by atoms with Gasteiger partial charge in [0.05, 0.1) is 5.00 Å².